The van der Waals surface area contributed by atoms with Gasteiger partial charge in [0.05, 0.1) is 17.4 Å². The van der Waals surface area contributed by atoms with E-state index in [9.17, 15) is 17.6 Å². The summed E-state index contributed by atoms with van der Waals surface area (Å²) in [6.07, 6.45) is -2.59. The maximum absolute atomic E-state index is 14.2. The van der Waals surface area contributed by atoms with Crippen LogP contribution < -0.4 is 4.90 Å². The van der Waals surface area contributed by atoms with Gasteiger partial charge in [-0.15, -0.1) is 11.3 Å². The molecular formula is C22H21ClF4N4OS. The van der Waals surface area contributed by atoms with Crippen molar-refractivity contribution in [3.8, 4) is 11.3 Å². The predicted molar refractivity (Wildman–Crippen MR) is 119 cm³/mol. The van der Waals surface area contributed by atoms with E-state index in [-0.39, 0.29) is 11.7 Å². The van der Waals surface area contributed by atoms with E-state index in [4.69, 9.17) is 16.3 Å². The monoisotopic (exact) mass is 500 g/mol. The number of aryl methyl sites for hydroxylation is 1. The van der Waals surface area contributed by atoms with E-state index in [1.807, 2.05) is 4.90 Å². The first-order valence-corrected chi connectivity index (χ1v) is 11.5. The van der Waals surface area contributed by atoms with Gasteiger partial charge in [-0.3, -0.25) is 0 Å². The zero-order valence-electron chi connectivity index (χ0n) is 17.9. The standard InChI is InChI=1S/C22H21ClF4N4OS/c1-12-28-16(9-18(23)29-12)10-19-30-20(13-6-14(22(25,26)27)8-15(24)7-13)21(33-19)31-5-3-4-17(11-31)32-2/h6-9,17H,3-5,10-11H2,1-2H3/t17-/m0/s1. The second-order valence-corrected chi connectivity index (χ2v) is 9.29. The molecule has 4 rings (SSSR count). The number of hydrogen-bond donors (Lipinski definition) is 0. The van der Waals surface area contributed by atoms with Crippen molar-refractivity contribution in [1.82, 2.24) is 15.0 Å². The Labute approximate surface area is 197 Å². The Hall–Kier alpha value is -2.30. The number of ether oxygens (including phenoxy) is 1. The van der Waals surface area contributed by atoms with E-state index in [2.05, 4.69) is 15.0 Å². The molecule has 1 atom stereocenters. The summed E-state index contributed by atoms with van der Waals surface area (Å²) in [5, 5.41) is 1.61. The summed E-state index contributed by atoms with van der Waals surface area (Å²) in [5.74, 6) is -0.458. The van der Waals surface area contributed by atoms with E-state index in [1.165, 1.54) is 11.3 Å². The van der Waals surface area contributed by atoms with Gasteiger partial charge in [-0.2, -0.15) is 13.2 Å². The summed E-state index contributed by atoms with van der Waals surface area (Å²) in [6.45, 7) is 3.00. The van der Waals surface area contributed by atoms with Gasteiger partial charge >= 0.3 is 6.18 Å². The van der Waals surface area contributed by atoms with Gasteiger partial charge in [-0.25, -0.2) is 19.3 Å². The zero-order valence-corrected chi connectivity index (χ0v) is 19.5. The smallest absolute Gasteiger partial charge is 0.380 e. The second-order valence-electron chi connectivity index (χ2n) is 7.84. The Morgan fingerprint density at radius 1 is 1.18 bits per heavy atom. The fourth-order valence-corrected chi connectivity index (χ4v) is 5.26. The molecule has 5 nitrogen and oxygen atoms in total. The van der Waals surface area contributed by atoms with Gasteiger partial charge in [0.2, 0.25) is 0 Å². The Kier molecular flexibility index (Phi) is 6.88. The molecule has 0 bridgehead atoms. The van der Waals surface area contributed by atoms with Crippen LogP contribution in [0.5, 0.6) is 0 Å². The molecule has 3 aromatic rings. The van der Waals surface area contributed by atoms with Gasteiger partial charge < -0.3 is 9.64 Å². The molecule has 0 amide bonds. The van der Waals surface area contributed by atoms with Crippen molar-refractivity contribution in [3.05, 3.63) is 57.3 Å². The Balaban J connectivity index is 1.78. The number of piperidine rings is 1. The normalized spacial score (nSPS) is 16.9. The number of benzene rings is 1. The lowest BCUT2D eigenvalue weighted by Crippen LogP contribution is -2.39. The van der Waals surface area contributed by atoms with E-state index in [0.29, 0.717) is 58.0 Å². The Bertz CT molecular complexity index is 1130. The number of halogens is 5. The summed E-state index contributed by atoms with van der Waals surface area (Å²) >= 11 is 7.39. The van der Waals surface area contributed by atoms with Gasteiger partial charge in [-0.1, -0.05) is 11.6 Å². The van der Waals surface area contributed by atoms with Crippen LogP contribution in [0.2, 0.25) is 5.15 Å². The summed E-state index contributed by atoms with van der Waals surface area (Å²) in [5.41, 5.74) is -0.0162. The van der Waals surface area contributed by atoms with Gasteiger partial charge in [0.15, 0.2) is 0 Å². The number of alkyl halides is 3. The van der Waals surface area contributed by atoms with Crippen molar-refractivity contribution in [2.24, 2.45) is 0 Å². The average molecular weight is 501 g/mol. The van der Waals surface area contributed by atoms with Crippen molar-refractivity contribution >= 4 is 27.9 Å². The number of nitrogens with zero attached hydrogens (tertiary/aromatic N) is 4. The lowest BCUT2D eigenvalue weighted by molar-refractivity contribution is -0.137. The number of anilines is 1. The van der Waals surface area contributed by atoms with Gasteiger partial charge in [0.25, 0.3) is 0 Å². The summed E-state index contributed by atoms with van der Waals surface area (Å²) in [7, 11) is 1.64. The molecule has 2 aromatic heterocycles. The first-order chi connectivity index (χ1) is 15.6. The zero-order chi connectivity index (χ0) is 23.8. The molecule has 1 aliphatic rings. The molecule has 11 heteroatoms. The highest BCUT2D eigenvalue weighted by Crippen LogP contribution is 2.41. The number of hydrogen-bond acceptors (Lipinski definition) is 6. The fourth-order valence-electron chi connectivity index (χ4n) is 3.87. The molecule has 1 fully saturated rings. The van der Waals surface area contributed by atoms with Crippen LogP contribution in [0.15, 0.2) is 24.3 Å². The predicted octanol–water partition coefficient (Wildman–Crippen LogP) is 5.93. The topological polar surface area (TPSA) is 51.1 Å². The molecule has 1 saturated heterocycles. The van der Waals surface area contributed by atoms with Crippen LogP contribution in [0.25, 0.3) is 11.3 Å². The minimum absolute atomic E-state index is 0.00119. The lowest BCUT2D eigenvalue weighted by Gasteiger charge is -2.33. The van der Waals surface area contributed by atoms with Crippen LogP contribution in [-0.2, 0) is 17.3 Å². The van der Waals surface area contributed by atoms with E-state index in [0.717, 1.165) is 25.0 Å². The highest BCUT2D eigenvalue weighted by atomic mass is 35.5. The van der Waals surface area contributed by atoms with Crippen LogP contribution in [0, 0.1) is 12.7 Å². The highest BCUT2D eigenvalue weighted by molar-refractivity contribution is 7.16. The first kappa shape index (κ1) is 23.8. The van der Waals surface area contributed by atoms with Gasteiger partial charge in [-0.05, 0) is 44.0 Å². The van der Waals surface area contributed by atoms with Gasteiger partial charge in [0.1, 0.15) is 32.5 Å². The van der Waals surface area contributed by atoms with Crippen molar-refractivity contribution in [2.75, 3.05) is 25.1 Å². The minimum atomic E-state index is -4.67. The van der Waals surface area contributed by atoms with Crippen molar-refractivity contribution in [2.45, 2.75) is 38.5 Å². The molecule has 0 N–H and O–H groups in total. The van der Waals surface area contributed by atoms with E-state index < -0.39 is 17.6 Å². The van der Waals surface area contributed by atoms with E-state index in [1.54, 1.807) is 20.1 Å². The molecule has 1 aliphatic heterocycles. The molecule has 0 spiro atoms. The minimum Gasteiger partial charge on any atom is -0.380 e. The highest BCUT2D eigenvalue weighted by Gasteiger charge is 2.33. The lowest BCUT2D eigenvalue weighted by atomic mass is 10.1. The van der Waals surface area contributed by atoms with Crippen LogP contribution in [0.4, 0.5) is 22.6 Å². The summed E-state index contributed by atoms with van der Waals surface area (Å²) in [6, 6.07) is 4.14. The molecule has 3 heterocycles. The maximum Gasteiger partial charge on any atom is 0.416 e. The average Bonchev–Trinajstić information content (AvgIpc) is 3.16. The molecule has 33 heavy (non-hydrogen) atoms. The SMILES string of the molecule is CO[C@H]1CCCN(c2sc(Cc3cc(Cl)nc(C)n3)nc2-c2cc(F)cc(C(F)(F)F)c2)C1. The molecule has 176 valence electrons. The second kappa shape index (κ2) is 9.52. The quantitative estimate of drug-likeness (QED) is 0.321. The van der Waals surface area contributed by atoms with Crippen LogP contribution in [0.3, 0.4) is 0 Å². The third-order valence-corrected chi connectivity index (χ3v) is 6.65. The maximum atomic E-state index is 14.2. The summed E-state index contributed by atoms with van der Waals surface area (Å²) in [4.78, 5) is 15.1. The van der Waals surface area contributed by atoms with Crippen molar-refractivity contribution < 1.29 is 22.3 Å². The van der Waals surface area contributed by atoms with Crippen LogP contribution in [-0.4, -0.2) is 41.3 Å². The number of methoxy groups -OCH3 is 1. The molecule has 0 saturated carbocycles. The van der Waals surface area contributed by atoms with Crippen molar-refractivity contribution in [3.63, 3.8) is 0 Å². The first-order valence-electron chi connectivity index (χ1n) is 10.3. The van der Waals surface area contributed by atoms with E-state index >= 15 is 0 Å². The third kappa shape index (κ3) is 5.62. The number of rotatable bonds is 5. The van der Waals surface area contributed by atoms with Crippen LogP contribution >= 0.6 is 22.9 Å². The number of thiazole rings is 1. The Morgan fingerprint density at radius 2 is 1.97 bits per heavy atom. The van der Waals surface area contributed by atoms with Crippen LogP contribution in [0.1, 0.15) is 34.9 Å². The Morgan fingerprint density at radius 3 is 2.67 bits per heavy atom. The molecule has 0 aliphatic carbocycles. The molecule has 1 aromatic carbocycles. The van der Waals surface area contributed by atoms with Gasteiger partial charge in [0, 0.05) is 32.2 Å². The molecule has 0 radical (unpaired) electrons. The van der Waals surface area contributed by atoms with Crippen molar-refractivity contribution in [1.29, 1.82) is 0 Å². The fraction of sp³-hybridized carbons (Fsp3) is 0.409. The molecule has 0 unspecified atom stereocenters. The largest absolute Gasteiger partial charge is 0.416 e. The third-order valence-electron chi connectivity index (χ3n) is 5.34. The number of aromatic nitrogens is 3. The molecular weight excluding hydrogens is 480 g/mol. The summed E-state index contributed by atoms with van der Waals surface area (Å²) < 4.78 is 59.7.